The second-order valence-electron chi connectivity index (χ2n) is 6.61. The summed E-state index contributed by atoms with van der Waals surface area (Å²) in [5, 5.41) is 0. The van der Waals surface area contributed by atoms with Crippen LogP contribution in [0, 0.1) is 5.92 Å². The molecule has 2 aliphatic heterocycles. The van der Waals surface area contributed by atoms with E-state index in [9.17, 15) is 0 Å². The minimum absolute atomic E-state index is 0.757. The van der Waals surface area contributed by atoms with Gasteiger partial charge in [-0.2, -0.15) is 0 Å². The predicted molar refractivity (Wildman–Crippen MR) is 75.6 cm³/mol. The van der Waals surface area contributed by atoms with Gasteiger partial charge in [-0.15, -0.1) is 0 Å². The number of hydrogen-bond acceptors (Lipinski definition) is 3. The number of likely N-dealkylation sites (N-methyl/N-ethyl adjacent to an activating group) is 1. The van der Waals surface area contributed by atoms with Crippen molar-refractivity contribution in [2.75, 3.05) is 26.7 Å². The Labute approximate surface area is 112 Å². The highest BCUT2D eigenvalue weighted by Gasteiger charge is 2.41. The molecule has 0 aromatic heterocycles. The summed E-state index contributed by atoms with van der Waals surface area (Å²) >= 11 is 0. The van der Waals surface area contributed by atoms with Crippen LogP contribution in [0.1, 0.15) is 44.9 Å². The molecule has 2 N–H and O–H groups in total. The quantitative estimate of drug-likeness (QED) is 0.828. The standard InChI is InChI=1S/C15H29N3/c1-17(13-7-4-5-12(13)11-16)14-8-10-18-9-3-2-6-15(14)18/h12-15H,2-11,16H2,1H3. The fourth-order valence-electron chi connectivity index (χ4n) is 4.77. The van der Waals surface area contributed by atoms with Gasteiger partial charge in [0, 0.05) is 24.7 Å². The van der Waals surface area contributed by atoms with E-state index in [0.717, 1.165) is 30.6 Å². The minimum atomic E-state index is 0.757. The van der Waals surface area contributed by atoms with E-state index >= 15 is 0 Å². The van der Waals surface area contributed by atoms with E-state index in [0.29, 0.717) is 0 Å². The normalized spacial score (nSPS) is 41.5. The Morgan fingerprint density at radius 1 is 1.00 bits per heavy atom. The molecule has 2 heterocycles. The van der Waals surface area contributed by atoms with Crippen LogP contribution in [0.5, 0.6) is 0 Å². The first-order valence-corrected chi connectivity index (χ1v) is 7.97. The lowest BCUT2D eigenvalue weighted by molar-refractivity contribution is 0.0888. The molecule has 104 valence electrons. The number of nitrogens with zero attached hydrogens (tertiary/aromatic N) is 2. The average molecular weight is 251 g/mol. The fraction of sp³-hybridized carbons (Fsp3) is 1.00. The van der Waals surface area contributed by atoms with Crippen molar-refractivity contribution in [2.45, 2.75) is 63.1 Å². The SMILES string of the molecule is CN(C1CCCC1CN)C1CCN2CCCCC12. The van der Waals surface area contributed by atoms with Gasteiger partial charge < -0.3 is 5.73 Å². The molecule has 3 nitrogen and oxygen atoms in total. The first-order valence-electron chi connectivity index (χ1n) is 7.97. The number of piperidine rings is 1. The van der Waals surface area contributed by atoms with Gasteiger partial charge in [0.15, 0.2) is 0 Å². The third-order valence-corrected chi connectivity index (χ3v) is 5.79. The second kappa shape index (κ2) is 5.48. The lowest BCUT2D eigenvalue weighted by Crippen LogP contribution is -2.50. The van der Waals surface area contributed by atoms with Gasteiger partial charge in [-0.05, 0) is 58.2 Å². The van der Waals surface area contributed by atoms with Crippen LogP contribution in [-0.4, -0.2) is 54.6 Å². The van der Waals surface area contributed by atoms with Crippen LogP contribution in [0.3, 0.4) is 0 Å². The highest BCUT2D eigenvalue weighted by atomic mass is 15.3. The predicted octanol–water partition coefficient (Wildman–Crippen LogP) is 1.67. The molecule has 18 heavy (non-hydrogen) atoms. The minimum Gasteiger partial charge on any atom is -0.330 e. The summed E-state index contributed by atoms with van der Waals surface area (Å²) in [6, 6.07) is 2.42. The van der Waals surface area contributed by atoms with Gasteiger partial charge in [0.05, 0.1) is 0 Å². The first kappa shape index (κ1) is 12.9. The first-order chi connectivity index (χ1) is 8.81. The lowest BCUT2D eigenvalue weighted by Gasteiger charge is -2.40. The Kier molecular flexibility index (Phi) is 3.92. The molecule has 0 amide bonds. The maximum atomic E-state index is 5.96. The molecule has 3 heteroatoms. The highest BCUT2D eigenvalue weighted by molar-refractivity contribution is 4.98. The van der Waals surface area contributed by atoms with Gasteiger partial charge in [-0.1, -0.05) is 12.8 Å². The summed E-state index contributed by atoms with van der Waals surface area (Å²) in [5.74, 6) is 0.757. The van der Waals surface area contributed by atoms with Crippen molar-refractivity contribution in [3.8, 4) is 0 Å². The van der Waals surface area contributed by atoms with Crippen LogP contribution >= 0.6 is 0 Å². The molecule has 0 aromatic carbocycles. The molecule has 0 bridgehead atoms. The van der Waals surface area contributed by atoms with Gasteiger partial charge in [-0.3, -0.25) is 9.80 Å². The van der Waals surface area contributed by atoms with Crippen LogP contribution < -0.4 is 5.73 Å². The number of hydrogen-bond donors (Lipinski definition) is 1. The van der Waals surface area contributed by atoms with Crippen molar-refractivity contribution in [3.63, 3.8) is 0 Å². The molecule has 4 atom stereocenters. The van der Waals surface area contributed by atoms with Crippen molar-refractivity contribution in [1.29, 1.82) is 0 Å². The Bertz CT molecular complexity index is 281. The molecule has 2 saturated heterocycles. The maximum absolute atomic E-state index is 5.96. The van der Waals surface area contributed by atoms with Gasteiger partial charge >= 0.3 is 0 Å². The molecule has 3 aliphatic rings. The van der Waals surface area contributed by atoms with Crippen LogP contribution in [0.15, 0.2) is 0 Å². The summed E-state index contributed by atoms with van der Waals surface area (Å²) < 4.78 is 0. The summed E-state index contributed by atoms with van der Waals surface area (Å²) in [4.78, 5) is 5.47. The van der Waals surface area contributed by atoms with Crippen LogP contribution in [0.4, 0.5) is 0 Å². The van der Waals surface area contributed by atoms with E-state index < -0.39 is 0 Å². The average Bonchev–Trinajstić information content (AvgIpc) is 3.04. The zero-order valence-electron chi connectivity index (χ0n) is 11.9. The van der Waals surface area contributed by atoms with E-state index in [1.165, 1.54) is 58.0 Å². The third kappa shape index (κ3) is 2.21. The van der Waals surface area contributed by atoms with E-state index in [4.69, 9.17) is 5.73 Å². The Balaban J connectivity index is 1.66. The summed E-state index contributed by atoms with van der Waals surface area (Å²) in [6.07, 6.45) is 9.79. The molecule has 0 aromatic rings. The van der Waals surface area contributed by atoms with Gasteiger partial charge in [0.1, 0.15) is 0 Å². The zero-order chi connectivity index (χ0) is 12.5. The van der Waals surface area contributed by atoms with Crippen molar-refractivity contribution in [3.05, 3.63) is 0 Å². The van der Waals surface area contributed by atoms with E-state index in [1.54, 1.807) is 0 Å². The molecule has 3 rings (SSSR count). The van der Waals surface area contributed by atoms with E-state index in [2.05, 4.69) is 16.8 Å². The van der Waals surface area contributed by atoms with Crippen molar-refractivity contribution in [2.24, 2.45) is 11.7 Å². The second-order valence-corrected chi connectivity index (χ2v) is 6.61. The Morgan fingerprint density at radius 2 is 1.89 bits per heavy atom. The van der Waals surface area contributed by atoms with Crippen molar-refractivity contribution < 1.29 is 0 Å². The van der Waals surface area contributed by atoms with Crippen molar-refractivity contribution in [1.82, 2.24) is 9.80 Å². The van der Waals surface area contributed by atoms with E-state index in [-0.39, 0.29) is 0 Å². The Hall–Kier alpha value is -0.120. The lowest BCUT2D eigenvalue weighted by atomic mass is 9.94. The molecule has 1 saturated carbocycles. The maximum Gasteiger partial charge on any atom is 0.0263 e. The number of fused-ring (bicyclic) bond motifs is 1. The summed E-state index contributed by atoms with van der Waals surface area (Å²) in [6.45, 7) is 3.57. The number of nitrogens with two attached hydrogens (primary N) is 1. The molecular weight excluding hydrogens is 222 g/mol. The Morgan fingerprint density at radius 3 is 2.72 bits per heavy atom. The monoisotopic (exact) mass is 251 g/mol. The molecule has 4 unspecified atom stereocenters. The largest absolute Gasteiger partial charge is 0.330 e. The van der Waals surface area contributed by atoms with Crippen LogP contribution in [0.25, 0.3) is 0 Å². The van der Waals surface area contributed by atoms with Crippen molar-refractivity contribution >= 4 is 0 Å². The van der Waals surface area contributed by atoms with Gasteiger partial charge in [0.2, 0.25) is 0 Å². The topological polar surface area (TPSA) is 32.5 Å². The van der Waals surface area contributed by atoms with Crippen LogP contribution in [0.2, 0.25) is 0 Å². The summed E-state index contributed by atoms with van der Waals surface area (Å²) in [5.41, 5.74) is 5.96. The van der Waals surface area contributed by atoms with Gasteiger partial charge in [-0.25, -0.2) is 0 Å². The zero-order valence-corrected chi connectivity index (χ0v) is 11.9. The highest BCUT2D eigenvalue weighted by Crippen LogP contribution is 2.35. The molecule has 0 spiro atoms. The fourth-order valence-corrected chi connectivity index (χ4v) is 4.77. The molecular formula is C15H29N3. The summed E-state index contributed by atoms with van der Waals surface area (Å²) in [7, 11) is 2.38. The van der Waals surface area contributed by atoms with Gasteiger partial charge in [0.25, 0.3) is 0 Å². The third-order valence-electron chi connectivity index (χ3n) is 5.79. The van der Waals surface area contributed by atoms with Crippen LogP contribution in [-0.2, 0) is 0 Å². The molecule has 3 fully saturated rings. The molecule has 0 radical (unpaired) electrons. The molecule has 1 aliphatic carbocycles. The van der Waals surface area contributed by atoms with E-state index in [1.807, 2.05) is 0 Å². The number of rotatable bonds is 3. The smallest absolute Gasteiger partial charge is 0.0263 e.